The van der Waals surface area contributed by atoms with E-state index < -0.39 is 11.6 Å². The SMILES string of the molecule is Cc1nn2c(C(C)C)c(C(=O)N[C@@H](C)c3ccc4c(cnn4C)c3)ccc2c1-c1c(F)cccc1F. The Balaban J connectivity index is 1.55. The lowest BCUT2D eigenvalue weighted by molar-refractivity contribution is 0.0937. The molecule has 0 aliphatic carbocycles. The molecule has 0 saturated carbocycles. The Morgan fingerprint density at radius 3 is 2.36 bits per heavy atom. The molecular formula is C28H27F2N5O. The van der Waals surface area contributed by atoms with Crippen LogP contribution in [-0.4, -0.2) is 25.3 Å². The van der Waals surface area contributed by atoms with Crippen molar-refractivity contribution in [3.63, 3.8) is 0 Å². The molecule has 36 heavy (non-hydrogen) atoms. The van der Waals surface area contributed by atoms with Crippen LogP contribution >= 0.6 is 0 Å². The summed E-state index contributed by atoms with van der Waals surface area (Å²) in [5, 5.41) is 13.0. The molecule has 0 spiro atoms. The van der Waals surface area contributed by atoms with Crippen LogP contribution in [0.5, 0.6) is 0 Å². The molecule has 0 aliphatic rings. The van der Waals surface area contributed by atoms with Crippen molar-refractivity contribution >= 4 is 22.3 Å². The molecule has 1 N–H and O–H groups in total. The van der Waals surface area contributed by atoms with Gasteiger partial charge in [0.05, 0.1) is 45.8 Å². The van der Waals surface area contributed by atoms with Gasteiger partial charge >= 0.3 is 0 Å². The van der Waals surface area contributed by atoms with Crippen molar-refractivity contribution in [1.82, 2.24) is 24.7 Å². The van der Waals surface area contributed by atoms with Gasteiger partial charge < -0.3 is 5.32 Å². The molecule has 6 nitrogen and oxygen atoms in total. The Morgan fingerprint density at radius 2 is 1.67 bits per heavy atom. The number of nitrogens with zero attached hydrogens (tertiary/aromatic N) is 4. The summed E-state index contributed by atoms with van der Waals surface area (Å²) in [5.74, 6) is -1.62. The first-order valence-corrected chi connectivity index (χ1v) is 11.9. The van der Waals surface area contributed by atoms with Crippen molar-refractivity contribution in [2.45, 2.75) is 39.7 Å². The number of pyridine rings is 1. The molecule has 0 unspecified atom stereocenters. The summed E-state index contributed by atoms with van der Waals surface area (Å²) < 4.78 is 32.7. The predicted molar refractivity (Wildman–Crippen MR) is 136 cm³/mol. The molecule has 184 valence electrons. The number of fused-ring (bicyclic) bond motifs is 2. The first-order chi connectivity index (χ1) is 17.2. The molecule has 0 radical (unpaired) electrons. The second-order valence-electron chi connectivity index (χ2n) is 9.42. The van der Waals surface area contributed by atoms with Crippen LogP contribution in [0.3, 0.4) is 0 Å². The number of carbonyl (C=O) groups excluding carboxylic acids is 1. The second kappa shape index (κ2) is 8.86. The van der Waals surface area contributed by atoms with Crippen LogP contribution in [-0.2, 0) is 7.05 Å². The van der Waals surface area contributed by atoms with Crippen LogP contribution in [0.1, 0.15) is 60.0 Å². The van der Waals surface area contributed by atoms with Crippen molar-refractivity contribution in [2.75, 3.05) is 0 Å². The summed E-state index contributed by atoms with van der Waals surface area (Å²) >= 11 is 0. The maximum atomic E-state index is 14.6. The van der Waals surface area contributed by atoms with Crippen molar-refractivity contribution in [2.24, 2.45) is 7.05 Å². The Labute approximate surface area is 207 Å². The van der Waals surface area contributed by atoms with Crippen molar-refractivity contribution < 1.29 is 13.6 Å². The van der Waals surface area contributed by atoms with E-state index in [1.165, 1.54) is 18.2 Å². The topological polar surface area (TPSA) is 64.2 Å². The molecule has 5 rings (SSSR count). The standard InChI is InChI=1S/C28H27F2N5O/c1-15(2)27-20(28(36)32-16(3)18-9-11-23-19(13-18)14-31-34(23)5)10-12-24-25(17(4)33-35(24)27)26-21(29)7-6-8-22(26)30/h6-16H,1-5H3,(H,32,36)/t16-/m0/s1. The highest BCUT2D eigenvalue weighted by atomic mass is 19.1. The van der Waals surface area contributed by atoms with E-state index in [-0.39, 0.29) is 23.4 Å². The third kappa shape index (κ3) is 3.82. The molecular weight excluding hydrogens is 460 g/mol. The average molecular weight is 488 g/mol. The van der Waals surface area contributed by atoms with Crippen LogP contribution in [0.15, 0.2) is 54.7 Å². The smallest absolute Gasteiger partial charge is 0.253 e. The van der Waals surface area contributed by atoms with E-state index in [4.69, 9.17) is 0 Å². The van der Waals surface area contributed by atoms with Gasteiger partial charge in [0.25, 0.3) is 5.91 Å². The third-order valence-corrected chi connectivity index (χ3v) is 6.63. The molecule has 0 aliphatic heterocycles. The van der Waals surface area contributed by atoms with Crippen molar-refractivity contribution in [3.8, 4) is 11.1 Å². The minimum Gasteiger partial charge on any atom is -0.345 e. The molecule has 1 amide bonds. The van der Waals surface area contributed by atoms with Gasteiger partial charge in [0.1, 0.15) is 11.6 Å². The van der Waals surface area contributed by atoms with Crippen LogP contribution in [0.25, 0.3) is 27.5 Å². The zero-order valence-electron chi connectivity index (χ0n) is 20.8. The zero-order valence-corrected chi connectivity index (χ0v) is 20.8. The van der Waals surface area contributed by atoms with Crippen LogP contribution < -0.4 is 5.32 Å². The Hall–Kier alpha value is -4.07. The Bertz CT molecular complexity index is 1610. The van der Waals surface area contributed by atoms with E-state index >= 15 is 0 Å². The summed E-state index contributed by atoms with van der Waals surface area (Å²) in [6.07, 6.45) is 1.80. The largest absolute Gasteiger partial charge is 0.345 e. The highest BCUT2D eigenvalue weighted by Crippen LogP contribution is 2.35. The van der Waals surface area contributed by atoms with Gasteiger partial charge in [0, 0.05) is 18.0 Å². The van der Waals surface area contributed by atoms with Gasteiger partial charge in [-0.2, -0.15) is 10.2 Å². The number of benzene rings is 2. The third-order valence-electron chi connectivity index (χ3n) is 6.63. The average Bonchev–Trinajstić information content (AvgIpc) is 3.37. The highest BCUT2D eigenvalue weighted by Gasteiger charge is 2.25. The number of nitrogens with one attached hydrogen (secondary N) is 1. The molecule has 0 saturated heterocycles. The van der Waals surface area contributed by atoms with Crippen LogP contribution in [0.4, 0.5) is 8.78 Å². The molecule has 8 heteroatoms. The monoisotopic (exact) mass is 487 g/mol. The lowest BCUT2D eigenvalue weighted by Crippen LogP contribution is -2.28. The Kier molecular flexibility index (Phi) is 5.82. The number of hydrogen-bond acceptors (Lipinski definition) is 3. The van der Waals surface area contributed by atoms with E-state index in [1.54, 1.807) is 34.5 Å². The van der Waals surface area contributed by atoms with Gasteiger partial charge in [0.15, 0.2) is 0 Å². The fourth-order valence-corrected chi connectivity index (χ4v) is 4.85. The number of amides is 1. The minimum absolute atomic E-state index is 0.0749. The van der Waals surface area contributed by atoms with Crippen LogP contribution in [0.2, 0.25) is 0 Å². The molecule has 3 aromatic heterocycles. The summed E-state index contributed by atoms with van der Waals surface area (Å²) in [4.78, 5) is 13.4. The van der Waals surface area contributed by atoms with Gasteiger partial charge in [-0.15, -0.1) is 0 Å². The summed E-state index contributed by atoms with van der Waals surface area (Å²) in [6, 6.07) is 13.0. The van der Waals surface area contributed by atoms with Crippen molar-refractivity contribution in [3.05, 3.63) is 88.9 Å². The number of rotatable bonds is 5. The number of carbonyl (C=O) groups is 1. The van der Waals surface area contributed by atoms with Gasteiger partial charge in [-0.05, 0) is 61.7 Å². The van der Waals surface area contributed by atoms with Gasteiger partial charge in [-0.3, -0.25) is 9.48 Å². The summed E-state index contributed by atoms with van der Waals surface area (Å²) in [6.45, 7) is 7.58. The fraction of sp³-hybridized carbons (Fsp3) is 0.250. The normalized spacial score (nSPS) is 12.6. The van der Waals surface area contributed by atoms with Gasteiger partial charge in [0.2, 0.25) is 0 Å². The number of aromatic nitrogens is 4. The quantitative estimate of drug-likeness (QED) is 0.326. The fourth-order valence-electron chi connectivity index (χ4n) is 4.85. The lowest BCUT2D eigenvalue weighted by Gasteiger charge is -2.18. The van der Waals surface area contributed by atoms with Gasteiger partial charge in [-0.1, -0.05) is 26.0 Å². The molecule has 5 aromatic rings. The molecule has 2 aromatic carbocycles. The summed E-state index contributed by atoms with van der Waals surface area (Å²) in [5.41, 5.74) is 4.42. The number of aryl methyl sites for hydroxylation is 2. The first kappa shape index (κ1) is 23.7. The first-order valence-electron chi connectivity index (χ1n) is 11.9. The van der Waals surface area contributed by atoms with E-state index in [9.17, 15) is 13.6 Å². The Morgan fingerprint density at radius 1 is 0.972 bits per heavy atom. The molecule has 0 bridgehead atoms. The number of halogens is 2. The van der Waals surface area contributed by atoms with E-state index in [0.29, 0.717) is 28.0 Å². The molecule has 3 heterocycles. The molecule has 1 atom stereocenters. The predicted octanol–water partition coefficient (Wildman–Crippen LogP) is 6.09. The number of hydrogen-bond donors (Lipinski definition) is 1. The maximum absolute atomic E-state index is 14.6. The second-order valence-corrected chi connectivity index (χ2v) is 9.42. The lowest BCUT2D eigenvalue weighted by atomic mass is 9.99. The van der Waals surface area contributed by atoms with Crippen LogP contribution in [0, 0.1) is 18.6 Å². The van der Waals surface area contributed by atoms with E-state index in [1.807, 2.05) is 46.0 Å². The maximum Gasteiger partial charge on any atom is 0.253 e. The van der Waals surface area contributed by atoms with E-state index in [0.717, 1.165) is 16.5 Å². The zero-order chi connectivity index (χ0) is 25.7. The van der Waals surface area contributed by atoms with Gasteiger partial charge in [-0.25, -0.2) is 13.3 Å². The van der Waals surface area contributed by atoms with Crippen molar-refractivity contribution in [1.29, 1.82) is 0 Å². The molecule has 0 fully saturated rings. The minimum atomic E-state index is -0.652. The van der Waals surface area contributed by atoms with E-state index in [2.05, 4.69) is 15.5 Å². The summed E-state index contributed by atoms with van der Waals surface area (Å²) in [7, 11) is 1.89. The highest BCUT2D eigenvalue weighted by molar-refractivity contribution is 5.97.